The van der Waals surface area contributed by atoms with Crippen molar-refractivity contribution in [3.8, 4) is 0 Å². The van der Waals surface area contributed by atoms with Gasteiger partial charge in [0.1, 0.15) is 11.9 Å². The fourth-order valence-corrected chi connectivity index (χ4v) is 1.06. The average Bonchev–Trinajstić information content (AvgIpc) is 2.00. The van der Waals surface area contributed by atoms with E-state index in [0.29, 0.717) is 0 Å². The van der Waals surface area contributed by atoms with Gasteiger partial charge in [0.2, 0.25) is 0 Å². The summed E-state index contributed by atoms with van der Waals surface area (Å²) in [5.41, 5.74) is 0. The molecule has 0 amide bonds. The summed E-state index contributed by atoms with van der Waals surface area (Å²) in [4.78, 5) is 10.5. The largest absolute Gasteiger partial charge is 0.476 e. The van der Waals surface area contributed by atoms with Gasteiger partial charge in [0.15, 0.2) is 0 Å². The first-order valence-electron chi connectivity index (χ1n) is 3.56. The fraction of sp³-hybridized carbons (Fsp3) is 0.571. The van der Waals surface area contributed by atoms with Gasteiger partial charge in [-0.05, 0) is 0 Å². The average molecular weight is 190 g/mol. The third-order valence-electron chi connectivity index (χ3n) is 1.81. The van der Waals surface area contributed by atoms with Gasteiger partial charge in [0, 0.05) is 0 Å². The molecule has 0 aromatic heterocycles. The van der Waals surface area contributed by atoms with Crippen LogP contribution in [0.2, 0.25) is 0 Å². The Morgan fingerprint density at radius 2 is 2.15 bits per heavy atom. The topological polar surface area (TPSA) is 107 Å². The van der Waals surface area contributed by atoms with Crippen LogP contribution in [0.25, 0.3) is 0 Å². The zero-order valence-corrected chi connectivity index (χ0v) is 6.67. The molecule has 0 aromatic carbocycles. The van der Waals surface area contributed by atoms with Crippen LogP contribution in [-0.4, -0.2) is 44.4 Å². The highest BCUT2D eigenvalue weighted by molar-refractivity contribution is 5.75. The molecule has 74 valence electrons. The van der Waals surface area contributed by atoms with Gasteiger partial charge >= 0.3 is 11.8 Å². The smallest absolute Gasteiger partial charge is 0.377 e. The van der Waals surface area contributed by atoms with E-state index in [1.54, 1.807) is 0 Å². The molecule has 1 aliphatic heterocycles. The maximum Gasteiger partial charge on any atom is 0.377 e. The maximum atomic E-state index is 10.5. The highest BCUT2D eigenvalue weighted by atomic mass is 16.7. The number of carboxylic acids is 1. The lowest BCUT2D eigenvalue weighted by Gasteiger charge is -2.35. The van der Waals surface area contributed by atoms with E-state index in [9.17, 15) is 9.90 Å². The molecule has 6 heteroatoms. The van der Waals surface area contributed by atoms with E-state index < -0.39 is 30.4 Å². The van der Waals surface area contributed by atoms with Crippen LogP contribution in [0.1, 0.15) is 6.42 Å². The number of carbonyl (C=O) groups is 1. The molecule has 3 atom stereocenters. The first-order chi connectivity index (χ1) is 5.87. The van der Waals surface area contributed by atoms with Crippen LogP contribution in [0.15, 0.2) is 12.3 Å². The monoisotopic (exact) mass is 190 g/mol. The number of carboxylic acid groups (broad SMARTS) is 1. The van der Waals surface area contributed by atoms with Crippen LogP contribution in [0.5, 0.6) is 0 Å². The molecule has 0 spiro atoms. The van der Waals surface area contributed by atoms with Crippen molar-refractivity contribution in [1.29, 1.82) is 0 Å². The van der Waals surface area contributed by atoms with Crippen LogP contribution >= 0.6 is 0 Å². The zero-order chi connectivity index (χ0) is 10.2. The number of aliphatic carboxylic acids is 1. The van der Waals surface area contributed by atoms with E-state index in [2.05, 4.69) is 11.3 Å². The SMILES string of the molecule is C=C1O[C@@](O)(C(=O)O)C[C@@H](O)[C@@H]1O. The van der Waals surface area contributed by atoms with E-state index in [1.807, 2.05) is 0 Å². The van der Waals surface area contributed by atoms with Gasteiger partial charge in [-0.2, -0.15) is 0 Å². The van der Waals surface area contributed by atoms with E-state index in [1.165, 1.54) is 0 Å². The molecular weight excluding hydrogens is 180 g/mol. The Balaban J connectivity index is 2.85. The van der Waals surface area contributed by atoms with Crippen molar-refractivity contribution in [1.82, 2.24) is 0 Å². The second-order valence-electron chi connectivity index (χ2n) is 2.87. The fourth-order valence-electron chi connectivity index (χ4n) is 1.06. The molecular formula is C7H10O6. The van der Waals surface area contributed by atoms with Crippen molar-refractivity contribution in [3.05, 3.63) is 12.3 Å². The van der Waals surface area contributed by atoms with Crippen molar-refractivity contribution in [3.63, 3.8) is 0 Å². The second kappa shape index (κ2) is 2.99. The van der Waals surface area contributed by atoms with Gasteiger partial charge in [-0.1, -0.05) is 6.58 Å². The third kappa shape index (κ3) is 1.64. The van der Waals surface area contributed by atoms with E-state index in [-0.39, 0.29) is 5.76 Å². The Morgan fingerprint density at radius 3 is 2.54 bits per heavy atom. The molecule has 0 saturated carbocycles. The Bertz CT molecular complexity index is 249. The summed E-state index contributed by atoms with van der Waals surface area (Å²) in [5, 5.41) is 36.0. The lowest BCUT2D eigenvalue weighted by molar-refractivity contribution is -0.244. The Kier molecular flexibility index (Phi) is 2.29. The Labute approximate surface area is 73.7 Å². The molecule has 0 bridgehead atoms. The molecule has 1 heterocycles. The van der Waals surface area contributed by atoms with Crippen molar-refractivity contribution >= 4 is 5.97 Å². The first kappa shape index (κ1) is 9.97. The lowest BCUT2D eigenvalue weighted by atomic mass is 9.99. The maximum absolute atomic E-state index is 10.5. The minimum atomic E-state index is -2.49. The number of aliphatic hydroxyl groups excluding tert-OH is 2. The highest BCUT2D eigenvalue weighted by Crippen LogP contribution is 2.28. The van der Waals surface area contributed by atoms with Gasteiger partial charge in [0.25, 0.3) is 0 Å². The summed E-state index contributed by atoms with van der Waals surface area (Å²) in [6, 6.07) is 0. The molecule has 0 aliphatic carbocycles. The van der Waals surface area contributed by atoms with Crippen molar-refractivity contribution in [2.24, 2.45) is 0 Å². The van der Waals surface area contributed by atoms with Crippen molar-refractivity contribution in [2.75, 3.05) is 0 Å². The number of rotatable bonds is 1. The van der Waals surface area contributed by atoms with Crippen LogP contribution in [0.4, 0.5) is 0 Å². The summed E-state index contributed by atoms with van der Waals surface area (Å²) in [6.45, 7) is 3.17. The van der Waals surface area contributed by atoms with E-state index >= 15 is 0 Å². The summed E-state index contributed by atoms with van der Waals surface area (Å²) >= 11 is 0. The molecule has 1 saturated heterocycles. The molecule has 0 unspecified atom stereocenters. The van der Waals surface area contributed by atoms with Crippen molar-refractivity contribution < 1.29 is 30.0 Å². The number of aliphatic hydroxyl groups is 3. The van der Waals surface area contributed by atoms with Gasteiger partial charge in [0.05, 0.1) is 12.5 Å². The van der Waals surface area contributed by atoms with Crippen LogP contribution in [0.3, 0.4) is 0 Å². The second-order valence-corrected chi connectivity index (χ2v) is 2.87. The summed E-state index contributed by atoms with van der Waals surface area (Å²) in [5.74, 6) is -4.47. The first-order valence-corrected chi connectivity index (χ1v) is 3.56. The standard InChI is InChI=1S/C7H10O6/c1-3-5(9)4(8)2-7(12,13-3)6(10)11/h4-5,8-9,12H,1-2H2,(H,10,11)/t4-,5-,7-/m1/s1. The summed E-state index contributed by atoms with van der Waals surface area (Å²) in [6.07, 6.45) is -3.34. The Hall–Kier alpha value is -1.11. The van der Waals surface area contributed by atoms with Crippen molar-refractivity contribution in [2.45, 2.75) is 24.4 Å². The van der Waals surface area contributed by atoms with E-state index in [0.717, 1.165) is 0 Å². The molecule has 6 nitrogen and oxygen atoms in total. The molecule has 0 radical (unpaired) electrons. The number of hydrogen-bond donors (Lipinski definition) is 4. The normalized spacial score (nSPS) is 39.8. The van der Waals surface area contributed by atoms with Gasteiger partial charge in [-0.15, -0.1) is 0 Å². The Morgan fingerprint density at radius 1 is 1.62 bits per heavy atom. The minimum absolute atomic E-state index is 0.358. The molecule has 4 N–H and O–H groups in total. The number of hydrogen-bond acceptors (Lipinski definition) is 5. The molecule has 1 fully saturated rings. The van der Waals surface area contributed by atoms with E-state index in [4.69, 9.17) is 15.3 Å². The van der Waals surface area contributed by atoms with Crippen LogP contribution < -0.4 is 0 Å². The summed E-state index contributed by atoms with van der Waals surface area (Å²) < 4.78 is 4.47. The molecule has 0 aromatic rings. The predicted octanol–water partition coefficient (Wildman–Crippen LogP) is -1.58. The minimum Gasteiger partial charge on any atom is -0.476 e. The molecule has 1 aliphatic rings. The molecule has 1 rings (SSSR count). The third-order valence-corrected chi connectivity index (χ3v) is 1.81. The zero-order valence-electron chi connectivity index (χ0n) is 6.67. The van der Waals surface area contributed by atoms with Gasteiger partial charge < -0.3 is 25.2 Å². The van der Waals surface area contributed by atoms with Gasteiger partial charge in [-0.3, -0.25) is 0 Å². The van der Waals surface area contributed by atoms with Crippen LogP contribution in [-0.2, 0) is 9.53 Å². The quantitative estimate of drug-likeness (QED) is 0.397. The lowest BCUT2D eigenvalue weighted by Crippen LogP contribution is -2.52. The van der Waals surface area contributed by atoms with Crippen LogP contribution in [0, 0.1) is 0 Å². The predicted molar refractivity (Wildman–Crippen MR) is 39.4 cm³/mol. The molecule has 13 heavy (non-hydrogen) atoms. The number of ether oxygens (including phenoxy) is 1. The summed E-state index contributed by atoms with van der Waals surface area (Å²) in [7, 11) is 0. The van der Waals surface area contributed by atoms with Gasteiger partial charge in [-0.25, -0.2) is 4.79 Å². The highest BCUT2D eigenvalue weighted by Gasteiger charge is 2.48.